The number of anilines is 1. The highest BCUT2D eigenvalue weighted by atomic mass is 79.9. The lowest BCUT2D eigenvalue weighted by Crippen LogP contribution is -2.16. The molecule has 0 amide bonds. The molecule has 1 unspecified atom stereocenters. The van der Waals surface area contributed by atoms with Crippen LogP contribution in [0.5, 0.6) is 0 Å². The third-order valence-corrected chi connectivity index (χ3v) is 5.28. The van der Waals surface area contributed by atoms with Crippen LogP contribution in [0.3, 0.4) is 0 Å². The van der Waals surface area contributed by atoms with E-state index in [9.17, 15) is 14.5 Å². The van der Waals surface area contributed by atoms with Crippen molar-refractivity contribution in [1.82, 2.24) is 0 Å². The smallest absolute Gasteiger partial charge is 0.295 e. The number of nitro benzene ring substituents is 1. The van der Waals surface area contributed by atoms with E-state index in [2.05, 4.69) is 27.3 Å². The standard InChI is InChI=1S/C14H12BrFN2O2S/c15-14-7-9-10(2-1-3-13(9)21-14)17-11-5-4-8(16)6-12(11)18(19)20/h4-7,10,17H,1-3H2. The maximum atomic E-state index is 13.2. The molecule has 2 aromatic rings. The number of fused-ring (bicyclic) bond motifs is 1. The maximum absolute atomic E-state index is 13.2. The van der Waals surface area contributed by atoms with Crippen LogP contribution >= 0.6 is 27.3 Å². The fourth-order valence-corrected chi connectivity index (χ4v) is 4.46. The van der Waals surface area contributed by atoms with Crippen LogP contribution in [-0.4, -0.2) is 4.92 Å². The van der Waals surface area contributed by atoms with Crippen molar-refractivity contribution in [3.63, 3.8) is 0 Å². The molecule has 0 bridgehead atoms. The van der Waals surface area contributed by atoms with Gasteiger partial charge in [-0.1, -0.05) is 0 Å². The fourth-order valence-electron chi connectivity index (χ4n) is 2.64. The van der Waals surface area contributed by atoms with E-state index in [1.54, 1.807) is 11.3 Å². The number of aryl methyl sites for hydroxylation is 1. The van der Waals surface area contributed by atoms with Crippen molar-refractivity contribution in [2.75, 3.05) is 5.32 Å². The molecule has 0 spiro atoms. The topological polar surface area (TPSA) is 55.2 Å². The molecule has 0 radical (unpaired) electrons. The van der Waals surface area contributed by atoms with Gasteiger partial charge in [0.05, 0.1) is 20.8 Å². The molecule has 0 saturated carbocycles. The summed E-state index contributed by atoms with van der Waals surface area (Å²) in [5.41, 5.74) is 1.31. The van der Waals surface area contributed by atoms with Gasteiger partial charge >= 0.3 is 0 Å². The van der Waals surface area contributed by atoms with Crippen LogP contribution in [0.25, 0.3) is 0 Å². The van der Waals surface area contributed by atoms with Crippen molar-refractivity contribution in [3.8, 4) is 0 Å². The summed E-state index contributed by atoms with van der Waals surface area (Å²) >= 11 is 5.19. The van der Waals surface area contributed by atoms with E-state index in [1.807, 2.05) is 0 Å². The number of nitrogens with one attached hydrogen (secondary N) is 1. The predicted octanol–water partition coefficient (Wildman–Crippen LogP) is 5.05. The quantitative estimate of drug-likeness (QED) is 0.607. The summed E-state index contributed by atoms with van der Waals surface area (Å²) in [4.78, 5) is 11.8. The molecule has 3 rings (SSSR count). The zero-order valence-electron chi connectivity index (χ0n) is 10.9. The summed E-state index contributed by atoms with van der Waals surface area (Å²) in [6, 6.07) is 5.72. The van der Waals surface area contributed by atoms with Crippen LogP contribution in [0.2, 0.25) is 0 Å². The third kappa shape index (κ3) is 2.94. The normalized spacial score (nSPS) is 17.3. The number of hydrogen-bond acceptors (Lipinski definition) is 4. The first-order valence-corrected chi connectivity index (χ1v) is 8.14. The van der Waals surface area contributed by atoms with E-state index < -0.39 is 10.7 Å². The van der Waals surface area contributed by atoms with Gasteiger partial charge in [-0.2, -0.15) is 0 Å². The number of thiophene rings is 1. The molecule has 1 heterocycles. The zero-order valence-corrected chi connectivity index (χ0v) is 13.3. The number of nitrogens with zero attached hydrogens (tertiary/aromatic N) is 1. The first kappa shape index (κ1) is 14.5. The summed E-state index contributed by atoms with van der Waals surface area (Å²) < 4.78 is 14.3. The number of benzene rings is 1. The average Bonchev–Trinajstić information content (AvgIpc) is 2.82. The second-order valence-corrected chi connectivity index (χ2v) is 7.45. The molecule has 1 N–H and O–H groups in total. The molecular formula is C14H12BrFN2O2S. The number of halogens is 2. The van der Waals surface area contributed by atoms with Crippen LogP contribution in [-0.2, 0) is 6.42 Å². The summed E-state index contributed by atoms with van der Waals surface area (Å²) in [6.45, 7) is 0. The van der Waals surface area contributed by atoms with Gasteiger partial charge in [0, 0.05) is 4.88 Å². The SMILES string of the molecule is O=[N+]([O-])c1cc(F)ccc1NC1CCCc2sc(Br)cc21. The van der Waals surface area contributed by atoms with Crippen molar-refractivity contribution in [2.24, 2.45) is 0 Å². The molecule has 21 heavy (non-hydrogen) atoms. The van der Waals surface area contributed by atoms with Crippen molar-refractivity contribution in [1.29, 1.82) is 0 Å². The first-order chi connectivity index (χ1) is 10.0. The molecule has 1 aliphatic rings. The van der Waals surface area contributed by atoms with Crippen molar-refractivity contribution in [2.45, 2.75) is 25.3 Å². The van der Waals surface area contributed by atoms with Crippen LogP contribution in [0, 0.1) is 15.9 Å². The third-order valence-electron chi connectivity index (χ3n) is 3.57. The Morgan fingerprint density at radius 3 is 3.00 bits per heavy atom. The lowest BCUT2D eigenvalue weighted by atomic mass is 9.94. The van der Waals surface area contributed by atoms with Gasteiger partial charge in [-0.3, -0.25) is 10.1 Å². The van der Waals surface area contributed by atoms with Gasteiger partial charge in [-0.15, -0.1) is 11.3 Å². The van der Waals surface area contributed by atoms with Crippen LogP contribution in [0.15, 0.2) is 28.1 Å². The lowest BCUT2D eigenvalue weighted by Gasteiger charge is -2.24. The van der Waals surface area contributed by atoms with Gasteiger partial charge in [-0.05, 0) is 59.0 Å². The second-order valence-electron chi connectivity index (χ2n) is 4.94. The Labute approximate surface area is 133 Å². The van der Waals surface area contributed by atoms with Gasteiger partial charge < -0.3 is 5.32 Å². The molecule has 1 aromatic carbocycles. The van der Waals surface area contributed by atoms with Gasteiger partial charge in [0.2, 0.25) is 0 Å². The first-order valence-electron chi connectivity index (χ1n) is 6.53. The zero-order chi connectivity index (χ0) is 15.0. The maximum Gasteiger partial charge on any atom is 0.295 e. The highest BCUT2D eigenvalue weighted by Crippen LogP contribution is 2.40. The number of nitro groups is 1. The Bertz CT molecular complexity index is 704. The minimum atomic E-state index is -0.602. The monoisotopic (exact) mass is 370 g/mol. The molecule has 1 atom stereocenters. The summed E-state index contributed by atoms with van der Waals surface area (Å²) in [5.74, 6) is -0.602. The lowest BCUT2D eigenvalue weighted by molar-refractivity contribution is -0.384. The highest BCUT2D eigenvalue weighted by molar-refractivity contribution is 9.11. The minimum absolute atomic E-state index is 0.0282. The Hall–Kier alpha value is -1.47. The number of rotatable bonds is 3. The van der Waals surface area contributed by atoms with Gasteiger partial charge in [-0.25, -0.2) is 4.39 Å². The Kier molecular flexibility index (Phi) is 3.95. The summed E-state index contributed by atoms with van der Waals surface area (Å²) in [7, 11) is 0. The molecule has 0 fully saturated rings. The van der Waals surface area contributed by atoms with Crippen molar-refractivity contribution in [3.05, 3.63) is 54.4 Å². The largest absolute Gasteiger partial charge is 0.373 e. The van der Waals surface area contributed by atoms with Crippen LogP contribution in [0.4, 0.5) is 15.8 Å². The molecule has 4 nitrogen and oxygen atoms in total. The Balaban J connectivity index is 1.93. The average molecular weight is 371 g/mol. The van der Waals surface area contributed by atoms with E-state index in [-0.39, 0.29) is 11.7 Å². The van der Waals surface area contributed by atoms with E-state index in [0.29, 0.717) is 5.69 Å². The molecular weight excluding hydrogens is 359 g/mol. The molecule has 0 aliphatic heterocycles. The van der Waals surface area contributed by atoms with Crippen molar-refractivity contribution < 1.29 is 9.31 Å². The van der Waals surface area contributed by atoms with E-state index in [0.717, 1.165) is 29.1 Å². The molecule has 7 heteroatoms. The molecule has 1 aliphatic carbocycles. The Morgan fingerprint density at radius 1 is 1.43 bits per heavy atom. The Morgan fingerprint density at radius 2 is 2.24 bits per heavy atom. The van der Waals surface area contributed by atoms with Gasteiger partial charge in [0.1, 0.15) is 11.5 Å². The highest BCUT2D eigenvalue weighted by Gasteiger charge is 2.25. The second kappa shape index (κ2) is 5.73. The molecule has 110 valence electrons. The predicted molar refractivity (Wildman–Crippen MR) is 84.4 cm³/mol. The van der Waals surface area contributed by atoms with Gasteiger partial charge in [0.15, 0.2) is 0 Å². The fraction of sp³-hybridized carbons (Fsp3) is 0.286. The van der Waals surface area contributed by atoms with Crippen LogP contribution in [0.1, 0.15) is 29.3 Å². The summed E-state index contributed by atoms with van der Waals surface area (Å²) in [6.07, 6.45) is 2.98. The van der Waals surface area contributed by atoms with E-state index in [1.165, 1.54) is 22.6 Å². The van der Waals surface area contributed by atoms with Crippen LogP contribution < -0.4 is 5.32 Å². The summed E-state index contributed by atoms with van der Waals surface area (Å²) in [5, 5.41) is 14.3. The van der Waals surface area contributed by atoms with E-state index >= 15 is 0 Å². The van der Waals surface area contributed by atoms with Crippen molar-refractivity contribution >= 4 is 38.6 Å². The number of hydrogen-bond donors (Lipinski definition) is 1. The van der Waals surface area contributed by atoms with Gasteiger partial charge in [0.25, 0.3) is 5.69 Å². The minimum Gasteiger partial charge on any atom is -0.373 e. The molecule has 0 saturated heterocycles. The molecule has 1 aromatic heterocycles. The van der Waals surface area contributed by atoms with E-state index in [4.69, 9.17) is 0 Å².